The van der Waals surface area contributed by atoms with E-state index in [0.29, 0.717) is 12.8 Å². The van der Waals surface area contributed by atoms with Gasteiger partial charge in [0.2, 0.25) is 0 Å². The van der Waals surface area contributed by atoms with Gasteiger partial charge in [0.1, 0.15) is 0 Å². The zero-order valence-corrected chi connectivity index (χ0v) is 8.69. The summed E-state index contributed by atoms with van der Waals surface area (Å²) in [5.74, 6) is -1.36. The lowest BCUT2D eigenvalue weighted by molar-refractivity contribution is -0.142. The van der Waals surface area contributed by atoms with Crippen molar-refractivity contribution in [2.45, 2.75) is 28.8 Å². The van der Waals surface area contributed by atoms with Crippen LogP contribution in [0.25, 0.3) is 0 Å². The molecule has 5 heteroatoms. The molecular formula is C7H10Cl2O2S. The zero-order valence-electron chi connectivity index (χ0n) is 6.28. The first-order valence-electron chi connectivity index (χ1n) is 3.71. The normalized spacial score (nSPS) is 42.6. The van der Waals surface area contributed by atoms with Crippen molar-refractivity contribution in [1.82, 2.24) is 0 Å². The van der Waals surface area contributed by atoms with Crippen molar-refractivity contribution < 1.29 is 9.90 Å². The minimum atomic E-state index is -0.856. The first kappa shape index (κ1) is 10.5. The van der Waals surface area contributed by atoms with Gasteiger partial charge in [-0.05, 0) is 12.8 Å². The standard InChI is InChI=1S/C7H10Cl2O2S/c8-3-1-4(7(10)11)6(12)5(9)2-3/h3-6,12H,1-2H2,(H,10,11). The number of halogens is 2. The summed E-state index contributed by atoms with van der Waals surface area (Å²) >= 11 is 15.9. The van der Waals surface area contributed by atoms with E-state index in [1.165, 1.54) is 0 Å². The highest BCUT2D eigenvalue weighted by atomic mass is 35.5. The van der Waals surface area contributed by atoms with E-state index < -0.39 is 11.9 Å². The SMILES string of the molecule is O=C(O)C1CC(Cl)CC(Cl)C1S. The molecule has 1 N–H and O–H groups in total. The molecule has 0 aliphatic heterocycles. The van der Waals surface area contributed by atoms with Crippen LogP contribution in [0.4, 0.5) is 0 Å². The number of rotatable bonds is 1. The van der Waals surface area contributed by atoms with Gasteiger partial charge in [-0.3, -0.25) is 4.79 Å². The highest BCUT2D eigenvalue weighted by Gasteiger charge is 2.38. The maximum absolute atomic E-state index is 10.7. The smallest absolute Gasteiger partial charge is 0.307 e. The Kier molecular flexibility index (Phi) is 3.56. The van der Waals surface area contributed by atoms with Gasteiger partial charge in [0, 0.05) is 16.0 Å². The van der Waals surface area contributed by atoms with Crippen LogP contribution in [0.5, 0.6) is 0 Å². The molecule has 1 aliphatic carbocycles. The van der Waals surface area contributed by atoms with Crippen LogP contribution in [0.3, 0.4) is 0 Å². The molecule has 12 heavy (non-hydrogen) atoms. The van der Waals surface area contributed by atoms with Crippen molar-refractivity contribution in [2.24, 2.45) is 5.92 Å². The molecule has 1 fully saturated rings. The Morgan fingerprint density at radius 1 is 1.42 bits per heavy atom. The van der Waals surface area contributed by atoms with E-state index in [-0.39, 0.29) is 16.0 Å². The van der Waals surface area contributed by atoms with Crippen LogP contribution in [0.1, 0.15) is 12.8 Å². The summed E-state index contributed by atoms with van der Waals surface area (Å²) in [5, 5.41) is 8.14. The fraction of sp³-hybridized carbons (Fsp3) is 0.857. The first-order valence-corrected chi connectivity index (χ1v) is 5.10. The Bertz CT molecular complexity index is 188. The molecule has 70 valence electrons. The third-order valence-electron chi connectivity index (χ3n) is 2.09. The van der Waals surface area contributed by atoms with Crippen molar-refractivity contribution in [3.05, 3.63) is 0 Å². The van der Waals surface area contributed by atoms with Crippen molar-refractivity contribution in [2.75, 3.05) is 0 Å². The summed E-state index contributed by atoms with van der Waals surface area (Å²) < 4.78 is 0. The van der Waals surface area contributed by atoms with Crippen LogP contribution in [-0.4, -0.2) is 27.1 Å². The van der Waals surface area contributed by atoms with Crippen molar-refractivity contribution in [1.29, 1.82) is 0 Å². The van der Waals surface area contributed by atoms with Crippen molar-refractivity contribution >= 4 is 41.8 Å². The highest BCUT2D eigenvalue weighted by Crippen LogP contribution is 2.34. The lowest BCUT2D eigenvalue weighted by Gasteiger charge is -2.31. The van der Waals surface area contributed by atoms with Crippen molar-refractivity contribution in [3.63, 3.8) is 0 Å². The van der Waals surface area contributed by atoms with Crippen LogP contribution < -0.4 is 0 Å². The van der Waals surface area contributed by atoms with E-state index in [1.807, 2.05) is 0 Å². The predicted octanol–water partition coefficient (Wildman–Crippen LogP) is 1.99. The molecule has 0 spiro atoms. The van der Waals surface area contributed by atoms with Gasteiger partial charge >= 0.3 is 5.97 Å². The fourth-order valence-electron chi connectivity index (χ4n) is 1.39. The molecule has 0 saturated heterocycles. The number of carbonyl (C=O) groups is 1. The van der Waals surface area contributed by atoms with Crippen LogP contribution in [0.2, 0.25) is 0 Å². The number of thiol groups is 1. The summed E-state index contributed by atoms with van der Waals surface area (Å²) in [6, 6.07) is 0. The van der Waals surface area contributed by atoms with Crippen LogP contribution in [0.15, 0.2) is 0 Å². The molecule has 0 amide bonds. The molecule has 0 heterocycles. The molecule has 1 saturated carbocycles. The lowest BCUT2D eigenvalue weighted by atomic mass is 9.88. The van der Waals surface area contributed by atoms with E-state index in [9.17, 15) is 4.79 Å². The zero-order chi connectivity index (χ0) is 9.30. The minimum absolute atomic E-state index is 0.128. The van der Waals surface area contributed by atoms with Gasteiger partial charge in [-0.2, -0.15) is 12.6 Å². The maximum Gasteiger partial charge on any atom is 0.307 e. The fourth-order valence-corrected chi connectivity index (χ4v) is 2.63. The van der Waals surface area contributed by atoms with Crippen LogP contribution >= 0.6 is 35.8 Å². The average molecular weight is 229 g/mol. The molecule has 0 aromatic heterocycles. The number of aliphatic carboxylic acids is 1. The quantitative estimate of drug-likeness (QED) is 0.533. The predicted molar refractivity (Wildman–Crippen MR) is 52.4 cm³/mol. The summed E-state index contributed by atoms with van der Waals surface area (Å²) in [6.45, 7) is 0. The van der Waals surface area contributed by atoms with E-state index in [2.05, 4.69) is 12.6 Å². The third kappa shape index (κ3) is 2.21. The number of carboxylic acid groups (broad SMARTS) is 1. The van der Waals surface area contributed by atoms with Gasteiger partial charge in [-0.1, -0.05) is 0 Å². The van der Waals surface area contributed by atoms with Gasteiger partial charge in [-0.15, -0.1) is 23.2 Å². The molecule has 1 aliphatic rings. The third-order valence-corrected chi connectivity index (χ3v) is 3.79. The van der Waals surface area contributed by atoms with Gasteiger partial charge in [0.05, 0.1) is 5.92 Å². The molecular weight excluding hydrogens is 219 g/mol. The molecule has 4 atom stereocenters. The van der Waals surface area contributed by atoms with E-state index >= 15 is 0 Å². The molecule has 2 nitrogen and oxygen atoms in total. The van der Waals surface area contributed by atoms with Gasteiger partial charge in [0.15, 0.2) is 0 Å². The monoisotopic (exact) mass is 228 g/mol. The highest BCUT2D eigenvalue weighted by molar-refractivity contribution is 7.81. The molecule has 0 radical (unpaired) electrons. The average Bonchev–Trinajstić information content (AvgIpc) is 1.96. The number of hydrogen-bond donors (Lipinski definition) is 2. The molecule has 0 bridgehead atoms. The Morgan fingerprint density at radius 2 is 2.00 bits per heavy atom. The molecule has 0 aromatic carbocycles. The topological polar surface area (TPSA) is 37.3 Å². The van der Waals surface area contributed by atoms with E-state index in [0.717, 1.165) is 0 Å². The van der Waals surface area contributed by atoms with Gasteiger partial charge in [-0.25, -0.2) is 0 Å². The van der Waals surface area contributed by atoms with Gasteiger partial charge < -0.3 is 5.11 Å². The summed E-state index contributed by atoms with van der Waals surface area (Å²) in [4.78, 5) is 10.7. The largest absolute Gasteiger partial charge is 0.481 e. The minimum Gasteiger partial charge on any atom is -0.481 e. The summed E-state index contributed by atoms with van der Waals surface area (Å²) in [5.41, 5.74) is 0. The Morgan fingerprint density at radius 3 is 2.50 bits per heavy atom. The second-order valence-electron chi connectivity index (χ2n) is 3.02. The summed E-state index contributed by atoms with van der Waals surface area (Å²) in [7, 11) is 0. The second kappa shape index (κ2) is 4.07. The number of hydrogen-bond acceptors (Lipinski definition) is 2. The Balaban J connectivity index is 2.66. The molecule has 1 rings (SSSR count). The number of alkyl halides is 2. The van der Waals surface area contributed by atoms with E-state index in [4.69, 9.17) is 28.3 Å². The van der Waals surface area contributed by atoms with Crippen molar-refractivity contribution in [3.8, 4) is 0 Å². The maximum atomic E-state index is 10.7. The second-order valence-corrected chi connectivity index (χ2v) is 4.79. The summed E-state index contributed by atoms with van der Waals surface area (Å²) in [6.07, 6.45) is 1.11. The van der Waals surface area contributed by atoms with Gasteiger partial charge in [0.25, 0.3) is 0 Å². The first-order chi connectivity index (χ1) is 5.52. The van der Waals surface area contributed by atoms with E-state index in [1.54, 1.807) is 0 Å². The Hall–Kier alpha value is 0.400. The Labute approximate surface area is 86.6 Å². The molecule has 4 unspecified atom stereocenters. The lowest BCUT2D eigenvalue weighted by Crippen LogP contribution is -2.39. The van der Waals surface area contributed by atoms with Crippen LogP contribution in [-0.2, 0) is 4.79 Å². The molecule has 0 aromatic rings. The number of carboxylic acids is 1. The van der Waals surface area contributed by atoms with Crippen LogP contribution in [0, 0.1) is 5.92 Å².